The maximum Gasteiger partial charge on any atom is 0.293 e. The molecule has 164 valence electrons. The number of hydrogen-bond donors (Lipinski definition) is 1. The fourth-order valence-electron chi connectivity index (χ4n) is 3.51. The summed E-state index contributed by atoms with van der Waals surface area (Å²) in [6.07, 6.45) is 9.12. The van der Waals surface area contributed by atoms with Gasteiger partial charge in [0.15, 0.2) is 0 Å². The van der Waals surface area contributed by atoms with Crippen molar-refractivity contribution in [3.63, 3.8) is 0 Å². The number of phenolic OH excluding ortho intramolecular Hbond substituents is 1. The minimum absolute atomic E-state index is 0.00311. The Morgan fingerprint density at radius 3 is 2.20 bits per heavy atom. The predicted octanol–water partition coefficient (Wildman–Crippen LogP) is 5.45. The Kier molecular flexibility index (Phi) is 9.87. The summed E-state index contributed by atoms with van der Waals surface area (Å²) >= 11 is 0. The molecule has 0 saturated carbocycles. The first-order valence-corrected chi connectivity index (χ1v) is 12.1. The van der Waals surface area contributed by atoms with Crippen molar-refractivity contribution >= 4 is 16.3 Å². The van der Waals surface area contributed by atoms with Crippen molar-refractivity contribution in [3.05, 3.63) is 54.1 Å². The molecule has 2 rings (SSSR count). The molecule has 30 heavy (non-hydrogen) atoms. The first-order chi connectivity index (χ1) is 14.5. The Balaban J connectivity index is 1.76. The summed E-state index contributed by atoms with van der Waals surface area (Å²) in [6, 6.07) is 13.1. The van der Waals surface area contributed by atoms with Crippen LogP contribution in [0.5, 0.6) is 5.75 Å². The van der Waals surface area contributed by atoms with Gasteiger partial charge in [0.2, 0.25) is 9.84 Å². The summed E-state index contributed by atoms with van der Waals surface area (Å²) in [5.41, 5.74) is 0.677. The molecule has 0 aliphatic rings. The van der Waals surface area contributed by atoms with Gasteiger partial charge in [-0.1, -0.05) is 62.4 Å². The average molecular weight is 433 g/mol. The van der Waals surface area contributed by atoms with Crippen molar-refractivity contribution in [2.45, 2.75) is 80.6 Å². The van der Waals surface area contributed by atoms with E-state index in [0.717, 1.165) is 51.4 Å². The molecule has 0 spiro atoms. The van der Waals surface area contributed by atoms with Crippen molar-refractivity contribution in [2.24, 2.45) is 0 Å². The number of hydrogen-bond acceptors (Lipinski definition) is 5. The number of carbonyl (C=O) groups excluding carboxylic acids is 1. The molecule has 2 aromatic rings. The zero-order valence-corrected chi connectivity index (χ0v) is 18.4. The van der Waals surface area contributed by atoms with E-state index in [-0.39, 0.29) is 21.6 Å². The van der Waals surface area contributed by atoms with Crippen molar-refractivity contribution < 1.29 is 23.1 Å². The molecule has 0 aromatic heterocycles. The summed E-state index contributed by atoms with van der Waals surface area (Å²) in [5.74, 6) is -0.131. The first kappa shape index (κ1) is 23.9. The minimum Gasteiger partial charge on any atom is -0.506 e. The van der Waals surface area contributed by atoms with E-state index in [0.29, 0.717) is 18.5 Å². The van der Waals surface area contributed by atoms with Crippen LogP contribution in [0.2, 0.25) is 0 Å². The number of aromatic hydroxyl groups is 1. The fourth-order valence-corrected chi connectivity index (χ4v) is 4.92. The SMILES string of the molecule is CC(CCCCCCCCCc1cccc(S(=O)(=O)c2ccccc2)c1O)OC=O. The molecule has 0 heterocycles. The van der Waals surface area contributed by atoms with Crippen LogP contribution in [0.15, 0.2) is 58.3 Å². The van der Waals surface area contributed by atoms with Crippen LogP contribution >= 0.6 is 0 Å². The van der Waals surface area contributed by atoms with Crippen molar-refractivity contribution in [3.8, 4) is 5.75 Å². The van der Waals surface area contributed by atoms with Gasteiger partial charge >= 0.3 is 0 Å². The Hall–Kier alpha value is -2.34. The second-order valence-corrected chi connectivity index (χ2v) is 9.55. The van der Waals surface area contributed by atoms with E-state index >= 15 is 0 Å². The number of ether oxygens (including phenoxy) is 1. The van der Waals surface area contributed by atoms with Gasteiger partial charge < -0.3 is 9.84 Å². The van der Waals surface area contributed by atoms with Crippen LogP contribution in [-0.4, -0.2) is 26.1 Å². The maximum absolute atomic E-state index is 12.8. The number of unbranched alkanes of at least 4 members (excludes halogenated alkanes) is 6. The third kappa shape index (κ3) is 7.17. The normalized spacial score (nSPS) is 12.4. The Morgan fingerprint density at radius 2 is 1.53 bits per heavy atom. The number of benzene rings is 2. The first-order valence-electron chi connectivity index (χ1n) is 10.7. The van der Waals surface area contributed by atoms with Crippen molar-refractivity contribution in [1.82, 2.24) is 0 Å². The van der Waals surface area contributed by atoms with Gasteiger partial charge in [0, 0.05) is 0 Å². The minimum atomic E-state index is -3.73. The highest BCUT2D eigenvalue weighted by Crippen LogP contribution is 2.32. The largest absolute Gasteiger partial charge is 0.506 e. The molecule has 6 heteroatoms. The van der Waals surface area contributed by atoms with Gasteiger partial charge in [0.25, 0.3) is 6.47 Å². The van der Waals surface area contributed by atoms with E-state index in [9.17, 15) is 18.3 Å². The molecule has 0 aliphatic carbocycles. The Bertz CT molecular complexity index is 878. The number of rotatable bonds is 14. The van der Waals surface area contributed by atoms with Crippen LogP contribution in [0.25, 0.3) is 0 Å². The lowest BCUT2D eigenvalue weighted by molar-refractivity contribution is -0.133. The number of phenols is 1. The molecule has 0 radical (unpaired) electrons. The van der Waals surface area contributed by atoms with Gasteiger partial charge in [-0.3, -0.25) is 4.79 Å². The summed E-state index contributed by atoms with van der Waals surface area (Å²) < 4.78 is 30.5. The topological polar surface area (TPSA) is 80.7 Å². The van der Waals surface area contributed by atoms with E-state index in [2.05, 4.69) is 0 Å². The van der Waals surface area contributed by atoms with E-state index in [1.165, 1.54) is 18.2 Å². The van der Waals surface area contributed by atoms with Crippen LogP contribution in [0.1, 0.15) is 63.9 Å². The molecule has 5 nitrogen and oxygen atoms in total. The molecule has 0 saturated heterocycles. The molecule has 1 unspecified atom stereocenters. The van der Waals surface area contributed by atoms with Gasteiger partial charge in [-0.2, -0.15) is 0 Å². The van der Waals surface area contributed by atoms with Crippen LogP contribution in [0, 0.1) is 0 Å². The van der Waals surface area contributed by atoms with Gasteiger partial charge in [-0.15, -0.1) is 0 Å². The molecule has 0 aliphatic heterocycles. The third-order valence-electron chi connectivity index (χ3n) is 5.27. The second kappa shape index (κ2) is 12.4. The molecular weight excluding hydrogens is 400 g/mol. The molecule has 0 amide bonds. The van der Waals surface area contributed by atoms with Gasteiger partial charge in [-0.25, -0.2) is 8.42 Å². The summed E-state index contributed by atoms with van der Waals surface area (Å²) in [4.78, 5) is 10.4. The predicted molar refractivity (Wildman–Crippen MR) is 117 cm³/mol. The number of para-hydroxylation sites is 1. The number of carbonyl (C=O) groups is 1. The van der Waals surface area contributed by atoms with Crippen LogP contribution in [-0.2, 0) is 25.8 Å². The lowest BCUT2D eigenvalue weighted by atomic mass is 10.0. The van der Waals surface area contributed by atoms with E-state index in [1.54, 1.807) is 30.3 Å². The van der Waals surface area contributed by atoms with Gasteiger partial charge in [0.1, 0.15) is 10.6 Å². The lowest BCUT2D eigenvalue weighted by Gasteiger charge is -2.11. The Morgan fingerprint density at radius 1 is 0.900 bits per heavy atom. The zero-order chi connectivity index (χ0) is 21.8. The molecule has 2 aromatic carbocycles. The number of sulfone groups is 1. The van der Waals surface area contributed by atoms with Gasteiger partial charge in [-0.05, 0) is 56.4 Å². The maximum atomic E-state index is 12.8. The summed E-state index contributed by atoms with van der Waals surface area (Å²) in [7, 11) is -3.73. The second-order valence-electron chi connectivity index (χ2n) is 7.64. The highest BCUT2D eigenvalue weighted by atomic mass is 32.2. The van der Waals surface area contributed by atoms with E-state index < -0.39 is 9.84 Å². The Labute approximate surface area is 180 Å². The monoisotopic (exact) mass is 432 g/mol. The highest BCUT2D eigenvalue weighted by Gasteiger charge is 2.22. The third-order valence-corrected chi connectivity index (χ3v) is 7.07. The average Bonchev–Trinajstić information content (AvgIpc) is 2.74. The standard InChI is InChI=1S/C24H32O5S/c1-20(29-19-25)13-8-5-3-2-4-6-9-14-21-15-12-18-23(24(21)26)30(27,28)22-16-10-7-11-17-22/h7,10-12,15-20,26H,2-6,8-9,13-14H2,1H3. The smallest absolute Gasteiger partial charge is 0.293 e. The van der Waals surface area contributed by atoms with Crippen molar-refractivity contribution in [1.29, 1.82) is 0 Å². The molecule has 0 bridgehead atoms. The molecule has 0 fully saturated rings. The number of aryl methyl sites for hydroxylation is 1. The van der Waals surface area contributed by atoms with Crippen LogP contribution in [0.3, 0.4) is 0 Å². The van der Waals surface area contributed by atoms with Gasteiger partial charge in [0.05, 0.1) is 11.0 Å². The molecular formula is C24H32O5S. The van der Waals surface area contributed by atoms with Crippen LogP contribution < -0.4 is 0 Å². The molecule has 1 N–H and O–H groups in total. The van der Waals surface area contributed by atoms with E-state index in [4.69, 9.17) is 4.74 Å². The quantitative estimate of drug-likeness (QED) is 0.317. The fraction of sp³-hybridized carbons (Fsp3) is 0.458. The van der Waals surface area contributed by atoms with E-state index in [1.807, 2.05) is 6.92 Å². The van der Waals surface area contributed by atoms with Crippen molar-refractivity contribution in [2.75, 3.05) is 0 Å². The zero-order valence-electron chi connectivity index (χ0n) is 17.6. The molecule has 1 atom stereocenters. The summed E-state index contributed by atoms with van der Waals surface area (Å²) in [5, 5.41) is 10.6. The summed E-state index contributed by atoms with van der Waals surface area (Å²) in [6.45, 7) is 2.42. The van der Waals surface area contributed by atoms with Crippen LogP contribution in [0.4, 0.5) is 0 Å². The highest BCUT2D eigenvalue weighted by molar-refractivity contribution is 7.91. The lowest BCUT2D eigenvalue weighted by Crippen LogP contribution is -2.05.